The summed E-state index contributed by atoms with van der Waals surface area (Å²) < 4.78 is 33.2. The van der Waals surface area contributed by atoms with E-state index in [0.717, 1.165) is 18.4 Å². The predicted octanol–water partition coefficient (Wildman–Crippen LogP) is 2.51. The summed E-state index contributed by atoms with van der Waals surface area (Å²) in [5.74, 6) is 0.951. The molecular formula is C11H13ClO4S. The largest absolute Gasteiger partial charge is 0.495 e. The van der Waals surface area contributed by atoms with E-state index in [1.165, 1.54) is 14.2 Å². The second-order valence-electron chi connectivity index (χ2n) is 3.97. The highest BCUT2D eigenvalue weighted by molar-refractivity contribution is 8.13. The quantitative estimate of drug-likeness (QED) is 0.793. The summed E-state index contributed by atoms with van der Waals surface area (Å²) in [6, 6.07) is 3.44. The van der Waals surface area contributed by atoms with Gasteiger partial charge in [-0.3, -0.25) is 0 Å². The van der Waals surface area contributed by atoms with Crippen LogP contribution in [0.5, 0.6) is 11.5 Å². The van der Waals surface area contributed by atoms with Crippen molar-refractivity contribution < 1.29 is 17.9 Å². The van der Waals surface area contributed by atoms with Crippen LogP contribution in [0.25, 0.3) is 0 Å². The molecule has 4 nitrogen and oxygen atoms in total. The van der Waals surface area contributed by atoms with E-state index in [1.807, 2.05) is 0 Å². The molecule has 0 aliphatic heterocycles. The van der Waals surface area contributed by atoms with E-state index in [2.05, 4.69) is 0 Å². The minimum absolute atomic E-state index is 0.103. The molecule has 2 rings (SSSR count). The number of benzene rings is 1. The standard InChI is InChI=1S/C11H13ClO4S/c1-15-9-5-8(7-3-4-7)6-10(16-2)11(9)17(12,13)14/h5-7H,3-4H2,1-2H3. The van der Waals surface area contributed by atoms with Crippen LogP contribution in [0.1, 0.15) is 24.3 Å². The molecular weight excluding hydrogens is 264 g/mol. The van der Waals surface area contributed by atoms with E-state index in [-0.39, 0.29) is 16.4 Å². The van der Waals surface area contributed by atoms with Crippen molar-refractivity contribution in [2.24, 2.45) is 0 Å². The van der Waals surface area contributed by atoms with Gasteiger partial charge in [-0.25, -0.2) is 8.42 Å². The smallest absolute Gasteiger partial charge is 0.268 e. The first-order valence-corrected chi connectivity index (χ1v) is 7.49. The zero-order valence-electron chi connectivity index (χ0n) is 9.57. The average Bonchev–Trinajstić information content (AvgIpc) is 3.09. The first-order chi connectivity index (χ1) is 7.97. The highest BCUT2D eigenvalue weighted by Gasteiger charge is 2.29. The number of hydrogen-bond donors (Lipinski definition) is 0. The molecule has 1 aromatic rings. The second kappa shape index (κ2) is 4.38. The Morgan fingerprint density at radius 2 is 1.65 bits per heavy atom. The minimum Gasteiger partial charge on any atom is -0.495 e. The van der Waals surface area contributed by atoms with Crippen LogP contribution in [-0.2, 0) is 9.05 Å². The van der Waals surface area contributed by atoms with Gasteiger partial charge in [0, 0.05) is 10.7 Å². The van der Waals surface area contributed by atoms with Crippen molar-refractivity contribution in [2.45, 2.75) is 23.7 Å². The fourth-order valence-corrected chi connectivity index (χ4v) is 3.01. The molecule has 0 radical (unpaired) electrons. The summed E-state index contributed by atoms with van der Waals surface area (Å²) >= 11 is 0. The lowest BCUT2D eigenvalue weighted by Gasteiger charge is -2.12. The molecule has 0 atom stereocenters. The van der Waals surface area contributed by atoms with Gasteiger partial charge >= 0.3 is 0 Å². The van der Waals surface area contributed by atoms with Crippen LogP contribution in [0.3, 0.4) is 0 Å². The topological polar surface area (TPSA) is 52.6 Å². The second-order valence-corrected chi connectivity index (χ2v) is 6.47. The fourth-order valence-electron chi connectivity index (χ4n) is 1.79. The molecule has 1 fully saturated rings. The summed E-state index contributed by atoms with van der Waals surface area (Å²) in [6.07, 6.45) is 2.22. The lowest BCUT2D eigenvalue weighted by molar-refractivity contribution is 0.373. The Morgan fingerprint density at radius 3 is 1.94 bits per heavy atom. The van der Waals surface area contributed by atoms with Crippen molar-refractivity contribution in [3.05, 3.63) is 17.7 Å². The van der Waals surface area contributed by atoms with E-state index < -0.39 is 9.05 Å². The molecule has 1 aliphatic carbocycles. The van der Waals surface area contributed by atoms with Gasteiger partial charge in [0.1, 0.15) is 11.5 Å². The number of ether oxygens (including phenoxy) is 2. The van der Waals surface area contributed by atoms with Crippen molar-refractivity contribution in [2.75, 3.05) is 14.2 Å². The van der Waals surface area contributed by atoms with Gasteiger partial charge in [-0.1, -0.05) is 0 Å². The molecule has 0 amide bonds. The van der Waals surface area contributed by atoms with Crippen LogP contribution in [0.4, 0.5) is 0 Å². The summed E-state index contributed by atoms with van der Waals surface area (Å²) in [5.41, 5.74) is 1.03. The zero-order valence-corrected chi connectivity index (χ0v) is 11.1. The molecule has 0 saturated heterocycles. The fraction of sp³-hybridized carbons (Fsp3) is 0.455. The van der Waals surface area contributed by atoms with Crippen molar-refractivity contribution in [1.82, 2.24) is 0 Å². The van der Waals surface area contributed by atoms with Gasteiger partial charge in [0.2, 0.25) is 0 Å². The molecule has 0 N–H and O–H groups in total. The zero-order chi connectivity index (χ0) is 12.6. The monoisotopic (exact) mass is 276 g/mol. The van der Waals surface area contributed by atoms with Gasteiger partial charge in [-0.15, -0.1) is 0 Å². The minimum atomic E-state index is -3.89. The van der Waals surface area contributed by atoms with Gasteiger partial charge in [0.05, 0.1) is 14.2 Å². The normalized spacial score (nSPS) is 15.7. The Morgan fingerprint density at radius 1 is 1.18 bits per heavy atom. The van der Waals surface area contributed by atoms with Gasteiger partial charge in [0.25, 0.3) is 9.05 Å². The Bertz CT molecular complexity index is 509. The lowest BCUT2D eigenvalue weighted by Crippen LogP contribution is -2.01. The summed E-state index contributed by atoms with van der Waals surface area (Å²) in [4.78, 5) is -0.103. The highest BCUT2D eigenvalue weighted by atomic mass is 35.7. The highest BCUT2D eigenvalue weighted by Crippen LogP contribution is 2.45. The van der Waals surface area contributed by atoms with Crippen molar-refractivity contribution in [3.63, 3.8) is 0 Å². The SMILES string of the molecule is COc1cc(C2CC2)cc(OC)c1S(=O)(=O)Cl. The third-order valence-electron chi connectivity index (χ3n) is 2.78. The first kappa shape index (κ1) is 12.5. The number of halogens is 1. The number of methoxy groups -OCH3 is 2. The van der Waals surface area contributed by atoms with Gasteiger partial charge in [-0.05, 0) is 36.5 Å². The van der Waals surface area contributed by atoms with Gasteiger partial charge in [-0.2, -0.15) is 0 Å². The maximum absolute atomic E-state index is 11.5. The van der Waals surface area contributed by atoms with Crippen molar-refractivity contribution in [1.29, 1.82) is 0 Å². The van der Waals surface area contributed by atoms with Crippen LogP contribution in [-0.4, -0.2) is 22.6 Å². The Hall–Kier alpha value is -0.940. The number of hydrogen-bond acceptors (Lipinski definition) is 4. The summed E-state index contributed by atoms with van der Waals surface area (Å²) in [5, 5.41) is 0. The van der Waals surface area contributed by atoms with Crippen LogP contribution in [0.15, 0.2) is 17.0 Å². The summed E-state index contributed by atoms with van der Waals surface area (Å²) in [6.45, 7) is 0. The van der Waals surface area contributed by atoms with Crippen LogP contribution >= 0.6 is 10.7 Å². The molecule has 0 heterocycles. The van der Waals surface area contributed by atoms with E-state index in [1.54, 1.807) is 12.1 Å². The average molecular weight is 277 g/mol. The third kappa shape index (κ3) is 2.50. The van der Waals surface area contributed by atoms with E-state index in [0.29, 0.717) is 5.92 Å². The van der Waals surface area contributed by atoms with Crippen molar-refractivity contribution in [3.8, 4) is 11.5 Å². The van der Waals surface area contributed by atoms with E-state index in [9.17, 15) is 8.42 Å². The Labute approximate surface area is 105 Å². The number of rotatable bonds is 4. The van der Waals surface area contributed by atoms with Gasteiger partial charge < -0.3 is 9.47 Å². The predicted molar refractivity (Wildman–Crippen MR) is 64.6 cm³/mol. The maximum Gasteiger partial charge on any atom is 0.268 e. The first-order valence-electron chi connectivity index (χ1n) is 5.18. The van der Waals surface area contributed by atoms with Crippen LogP contribution in [0, 0.1) is 0 Å². The molecule has 0 bridgehead atoms. The lowest BCUT2D eigenvalue weighted by atomic mass is 10.1. The molecule has 1 saturated carbocycles. The Kier molecular flexibility index (Phi) is 3.23. The molecule has 1 aliphatic rings. The molecule has 0 aromatic heterocycles. The van der Waals surface area contributed by atoms with Crippen LogP contribution in [0.2, 0.25) is 0 Å². The van der Waals surface area contributed by atoms with Crippen molar-refractivity contribution >= 4 is 19.7 Å². The van der Waals surface area contributed by atoms with Crippen LogP contribution < -0.4 is 9.47 Å². The Balaban J connectivity index is 2.63. The molecule has 0 spiro atoms. The van der Waals surface area contributed by atoms with E-state index >= 15 is 0 Å². The van der Waals surface area contributed by atoms with E-state index in [4.69, 9.17) is 20.2 Å². The third-order valence-corrected chi connectivity index (χ3v) is 4.13. The summed E-state index contributed by atoms with van der Waals surface area (Å²) in [7, 11) is 4.33. The molecule has 6 heteroatoms. The molecule has 94 valence electrons. The van der Waals surface area contributed by atoms with Gasteiger partial charge in [0.15, 0.2) is 4.90 Å². The molecule has 1 aromatic carbocycles. The molecule has 17 heavy (non-hydrogen) atoms. The molecule has 0 unspecified atom stereocenters. The maximum atomic E-state index is 11.5.